The summed E-state index contributed by atoms with van der Waals surface area (Å²) in [6, 6.07) is 0. The number of thioether (sulfide) groups is 1. The smallest absolute Gasteiger partial charge is 0.170 e. The lowest BCUT2D eigenvalue weighted by Gasteiger charge is -2.31. The molecule has 0 spiro atoms. The second kappa shape index (κ2) is 8.89. The molecule has 4 nitrogen and oxygen atoms in total. The molecule has 0 saturated heterocycles. The Balaban J connectivity index is 2.32. The summed E-state index contributed by atoms with van der Waals surface area (Å²) in [5.74, 6) is 1.98. The molecule has 19 heavy (non-hydrogen) atoms. The zero-order valence-corrected chi connectivity index (χ0v) is 13.7. The molecule has 2 N–H and O–H groups in total. The van der Waals surface area contributed by atoms with Crippen molar-refractivity contribution < 1.29 is 5.11 Å². The number of hydrogen-bond donors (Lipinski definition) is 2. The average molecular weight is 303 g/mol. The molecule has 0 aromatic carbocycles. The molecular weight excluding hydrogens is 278 g/mol. The fraction of sp³-hybridized carbons (Fsp3) is 0.846. The van der Waals surface area contributed by atoms with Crippen LogP contribution in [0.3, 0.4) is 0 Å². The van der Waals surface area contributed by atoms with Gasteiger partial charge in [-0.2, -0.15) is 4.37 Å². The Morgan fingerprint density at radius 2 is 2.16 bits per heavy atom. The van der Waals surface area contributed by atoms with Crippen LogP contribution >= 0.6 is 23.3 Å². The molecule has 1 atom stereocenters. The largest absolute Gasteiger partial charge is 0.394 e. The first-order valence-electron chi connectivity index (χ1n) is 7.01. The molecule has 0 radical (unpaired) electrons. The number of aromatic nitrogens is 2. The van der Waals surface area contributed by atoms with Crippen LogP contribution in [-0.4, -0.2) is 38.9 Å². The van der Waals surface area contributed by atoms with Crippen LogP contribution in [0.25, 0.3) is 0 Å². The van der Waals surface area contributed by atoms with Gasteiger partial charge in [0.05, 0.1) is 6.61 Å². The van der Waals surface area contributed by atoms with Crippen molar-refractivity contribution in [1.29, 1.82) is 0 Å². The Hall–Kier alpha value is -0.170. The maximum atomic E-state index is 9.57. The number of nitrogens with zero attached hydrogens (tertiary/aromatic N) is 2. The van der Waals surface area contributed by atoms with Gasteiger partial charge in [0, 0.05) is 17.7 Å². The lowest BCUT2D eigenvalue weighted by Crippen LogP contribution is -2.48. The van der Waals surface area contributed by atoms with Gasteiger partial charge in [-0.05, 0) is 37.3 Å². The van der Waals surface area contributed by atoms with Crippen LogP contribution in [0.2, 0.25) is 0 Å². The topological polar surface area (TPSA) is 58.0 Å². The van der Waals surface area contributed by atoms with Crippen LogP contribution in [0.5, 0.6) is 0 Å². The summed E-state index contributed by atoms with van der Waals surface area (Å²) in [7, 11) is 0. The van der Waals surface area contributed by atoms with E-state index in [1.54, 1.807) is 11.8 Å². The lowest BCUT2D eigenvalue weighted by atomic mass is 9.91. The van der Waals surface area contributed by atoms with Gasteiger partial charge in [0.15, 0.2) is 4.34 Å². The monoisotopic (exact) mass is 303 g/mol. The Labute approximate surface area is 124 Å². The quantitative estimate of drug-likeness (QED) is 0.514. The van der Waals surface area contributed by atoms with Gasteiger partial charge in [-0.15, -0.1) is 0 Å². The minimum Gasteiger partial charge on any atom is -0.394 e. The molecule has 1 unspecified atom stereocenters. The molecule has 1 aromatic heterocycles. The Morgan fingerprint density at radius 3 is 2.68 bits per heavy atom. The molecule has 1 heterocycles. The predicted octanol–water partition coefficient (Wildman–Crippen LogP) is 2.72. The van der Waals surface area contributed by atoms with E-state index in [1.165, 1.54) is 11.5 Å². The Morgan fingerprint density at radius 1 is 1.37 bits per heavy atom. The van der Waals surface area contributed by atoms with Crippen LogP contribution in [-0.2, 0) is 6.42 Å². The minimum atomic E-state index is -0.106. The summed E-state index contributed by atoms with van der Waals surface area (Å²) >= 11 is 3.26. The highest BCUT2D eigenvalue weighted by molar-refractivity contribution is 8.00. The van der Waals surface area contributed by atoms with Gasteiger partial charge in [-0.1, -0.05) is 32.5 Å². The van der Waals surface area contributed by atoms with Crippen molar-refractivity contribution in [3.8, 4) is 0 Å². The molecular formula is C13H25N3OS2. The van der Waals surface area contributed by atoms with Gasteiger partial charge in [0.25, 0.3) is 0 Å². The minimum absolute atomic E-state index is 0.106. The van der Waals surface area contributed by atoms with Crippen molar-refractivity contribution >= 4 is 23.3 Å². The summed E-state index contributed by atoms with van der Waals surface area (Å²) in [6.45, 7) is 7.40. The van der Waals surface area contributed by atoms with E-state index in [0.717, 1.165) is 48.1 Å². The first-order chi connectivity index (χ1) is 9.19. The highest BCUT2D eigenvalue weighted by Crippen LogP contribution is 2.24. The zero-order valence-electron chi connectivity index (χ0n) is 12.1. The highest BCUT2D eigenvalue weighted by Gasteiger charge is 2.25. The third-order valence-corrected chi connectivity index (χ3v) is 5.28. The fourth-order valence-electron chi connectivity index (χ4n) is 2.02. The second-order valence-corrected chi connectivity index (χ2v) is 6.70. The number of rotatable bonds is 10. The molecule has 6 heteroatoms. The first-order valence-corrected chi connectivity index (χ1v) is 8.76. The Kier molecular flexibility index (Phi) is 7.90. The van der Waals surface area contributed by atoms with Gasteiger partial charge in [0.1, 0.15) is 5.82 Å². The number of nitrogens with one attached hydrogen (secondary N) is 1. The second-order valence-electron chi connectivity index (χ2n) is 4.60. The number of hydrogen-bond acceptors (Lipinski definition) is 6. The molecule has 1 rings (SSSR count). The van der Waals surface area contributed by atoms with E-state index >= 15 is 0 Å². The molecule has 1 aromatic rings. The molecule has 0 aliphatic rings. The van der Waals surface area contributed by atoms with Gasteiger partial charge in [-0.3, -0.25) is 0 Å². The standard InChI is InChI=1S/C13H25N3OS2/c1-4-11-15-12(19-16-11)18-9-7-8-13(5-2,10-17)14-6-3/h14,17H,4-10H2,1-3H3. The van der Waals surface area contributed by atoms with Crippen molar-refractivity contribution in [3.63, 3.8) is 0 Å². The lowest BCUT2D eigenvalue weighted by molar-refractivity contribution is 0.148. The number of aliphatic hydroxyl groups is 1. The van der Waals surface area contributed by atoms with E-state index in [4.69, 9.17) is 0 Å². The maximum Gasteiger partial charge on any atom is 0.170 e. The number of aryl methyl sites for hydroxylation is 1. The SMILES string of the molecule is CCNC(CC)(CO)CCCSc1nc(CC)ns1. The summed E-state index contributed by atoms with van der Waals surface area (Å²) < 4.78 is 5.34. The zero-order chi connectivity index (χ0) is 14.1. The molecule has 110 valence electrons. The third-order valence-electron chi connectivity index (χ3n) is 3.32. The molecule has 0 aliphatic heterocycles. The summed E-state index contributed by atoms with van der Waals surface area (Å²) in [4.78, 5) is 4.44. The molecule has 0 fully saturated rings. The van der Waals surface area contributed by atoms with Crippen molar-refractivity contribution in [2.45, 2.75) is 56.3 Å². The summed E-state index contributed by atoms with van der Waals surface area (Å²) in [6.07, 6.45) is 3.94. The van der Waals surface area contributed by atoms with E-state index in [2.05, 4.69) is 35.4 Å². The van der Waals surface area contributed by atoms with Gasteiger partial charge < -0.3 is 10.4 Å². The summed E-state index contributed by atoms with van der Waals surface area (Å²) in [5, 5.41) is 13.0. The predicted molar refractivity (Wildman–Crippen MR) is 83.0 cm³/mol. The van der Waals surface area contributed by atoms with Crippen molar-refractivity contribution in [1.82, 2.24) is 14.7 Å². The van der Waals surface area contributed by atoms with E-state index < -0.39 is 0 Å². The molecule has 0 bridgehead atoms. The average Bonchev–Trinajstić information content (AvgIpc) is 2.90. The van der Waals surface area contributed by atoms with Crippen molar-refractivity contribution in [2.24, 2.45) is 0 Å². The van der Waals surface area contributed by atoms with E-state index in [1.807, 2.05) is 0 Å². The molecule has 0 saturated carbocycles. The summed E-state index contributed by atoms with van der Waals surface area (Å²) in [5.41, 5.74) is -0.106. The van der Waals surface area contributed by atoms with Gasteiger partial charge in [0.2, 0.25) is 0 Å². The van der Waals surface area contributed by atoms with Crippen LogP contribution in [0.4, 0.5) is 0 Å². The van der Waals surface area contributed by atoms with Crippen LogP contribution in [0.1, 0.15) is 45.9 Å². The van der Waals surface area contributed by atoms with E-state index in [-0.39, 0.29) is 12.1 Å². The van der Waals surface area contributed by atoms with Gasteiger partial charge >= 0.3 is 0 Å². The normalized spacial score (nSPS) is 14.5. The van der Waals surface area contributed by atoms with Gasteiger partial charge in [-0.25, -0.2) is 4.98 Å². The van der Waals surface area contributed by atoms with E-state index in [9.17, 15) is 5.11 Å². The van der Waals surface area contributed by atoms with Crippen molar-refractivity contribution in [2.75, 3.05) is 18.9 Å². The number of aliphatic hydroxyl groups excluding tert-OH is 1. The fourth-order valence-corrected chi connectivity index (χ4v) is 3.73. The maximum absolute atomic E-state index is 9.57. The number of likely N-dealkylation sites (N-methyl/N-ethyl adjacent to an activating group) is 1. The molecule has 0 amide bonds. The van der Waals surface area contributed by atoms with Crippen LogP contribution in [0, 0.1) is 0 Å². The van der Waals surface area contributed by atoms with Crippen molar-refractivity contribution in [3.05, 3.63) is 5.82 Å². The third kappa shape index (κ3) is 5.38. The highest BCUT2D eigenvalue weighted by atomic mass is 32.2. The van der Waals surface area contributed by atoms with Crippen LogP contribution < -0.4 is 5.32 Å². The Bertz CT molecular complexity index is 353. The van der Waals surface area contributed by atoms with Crippen LogP contribution in [0.15, 0.2) is 4.34 Å². The van der Waals surface area contributed by atoms with E-state index in [0.29, 0.717) is 0 Å². The molecule has 0 aliphatic carbocycles. The first kappa shape index (κ1) is 16.9.